The summed E-state index contributed by atoms with van der Waals surface area (Å²) in [6, 6.07) is 14.3. The van der Waals surface area contributed by atoms with E-state index in [-0.39, 0.29) is 17.7 Å². The molecule has 0 N–H and O–H groups in total. The van der Waals surface area contributed by atoms with Crippen LogP contribution in [0.3, 0.4) is 0 Å². The number of benzene rings is 2. The molecule has 3 rings (SSSR count). The van der Waals surface area contributed by atoms with E-state index in [1.165, 1.54) is 19.2 Å². The zero-order valence-corrected chi connectivity index (χ0v) is 13.9. The lowest BCUT2D eigenvalue weighted by molar-refractivity contribution is 0.0497. The molecule has 2 aromatic carbocycles. The molecule has 5 heteroatoms. The van der Waals surface area contributed by atoms with Crippen LogP contribution in [0.15, 0.2) is 48.5 Å². The minimum atomic E-state index is -0.520. The largest absolute Gasteiger partial charge is 0.494 e. The van der Waals surface area contributed by atoms with Gasteiger partial charge in [-0.05, 0) is 30.8 Å². The molecule has 1 saturated heterocycles. The third-order valence-corrected chi connectivity index (χ3v) is 4.43. The van der Waals surface area contributed by atoms with Crippen LogP contribution in [-0.4, -0.2) is 49.5 Å². The molecular formula is C19H21FN2O2. The molecule has 126 valence electrons. The summed E-state index contributed by atoms with van der Waals surface area (Å²) in [5, 5.41) is 0. The fraction of sp³-hybridized carbons (Fsp3) is 0.316. The average molecular weight is 328 g/mol. The van der Waals surface area contributed by atoms with Crippen molar-refractivity contribution in [1.29, 1.82) is 0 Å². The van der Waals surface area contributed by atoms with Gasteiger partial charge in [0.15, 0.2) is 11.6 Å². The standard InChI is InChI=1S/C19H21FN2O2/c1-21-10-11-22(17(13-21)14-6-4-3-5-7-14)19(23)15-8-9-18(24-2)16(20)12-15/h3-9,12,17H,10-11,13H2,1-2H3/t17-/m0/s1. The molecule has 1 atom stereocenters. The minimum absolute atomic E-state index is 0.0392. The first-order valence-electron chi connectivity index (χ1n) is 7.98. The van der Waals surface area contributed by atoms with Gasteiger partial charge in [-0.25, -0.2) is 4.39 Å². The Kier molecular flexibility index (Phi) is 4.81. The highest BCUT2D eigenvalue weighted by Gasteiger charge is 2.31. The van der Waals surface area contributed by atoms with Gasteiger partial charge in [0.25, 0.3) is 5.91 Å². The molecule has 0 spiro atoms. The molecule has 24 heavy (non-hydrogen) atoms. The number of ether oxygens (including phenoxy) is 1. The van der Waals surface area contributed by atoms with Crippen LogP contribution in [0.4, 0.5) is 4.39 Å². The molecule has 0 saturated carbocycles. The Morgan fingerprint density at radius 3 is 2.58 bits per heavy atom. The molecule has 1 aliphatic rings. The van der Waals surface area contributed by atoms with Crippen LogP contribution in [-0.2, 0) is 0 Å². The second-order valence-electron chi connectivity index (χ2n) is 6.04. The van der Waals surface area contributed by atoms with E-state index in [9.17, 15) is 9.18 Å². The van der Waals surface area contributed by atoms with Crippen LogP contribution in [0.5, 0.6) is 5.75 Å². The lowest BCUT2D eigenvalue weighted by Crippen LogP contribution is -2.49. The number of carbonyl (C=O) groups excluding carboxylic acids is 1. The number of rotatable bonds is 3. The van der Waals surface area contributed by atoms with Gasteiger partial charge in [0.1, 0.15) is 0 Å². The molecule has 1 aliphatic heterocycles. The normalized spacial score (nSPS) is 18.5. The van der Waals surface area contributed by atoms with Crippen LogP contribution < -0.4 is 4.74 Å². The van der Waals surface area contributed by atoms with E-state index in [0.29, 0.717) is 12.1 Å². The van der Waals surface area contributed by atoms with Crippen molar-refractivity contribution >= 4 is 5.91 Å². The SMILES string of the molecule is COc1ccc(C(=O)N2CCN(C)C[C@H]2c2ccccc2)cc1F. The van der Waals surface area contributed by atoms with Crippen molar-refractivity contribution in [3.63, 3.8) is 0 Å². The zero-order valence-electron chi connectivity index (χ0n) is 13.9. The quantitative estimate of drug-likeness (QED) is 0.868. The molecule has 0 aromatic heterocycles. The fourth-order valence-electron chi connectivity index (χ4n) is 3.09. The summed E-state index contributed by atoms with van der Waals surface area (Å²) in [4.78, 5) is 17.0. The van der Waals surface area contributed by atoms with Gasteiger partial charge in [0.2, 0.25) is 0 Å². The van der Waals surface area contributed by atoms with Crippen molar-refractivity contribution in [2.24, 2.45) is 0 Å². The Labute approximate surface area is 141 Å². The first-order chi connectivity index (χ1) is 11.6. The molecule has 0 radical (unpaired) electrons. The second-order valence-corrected chi connectivity index (χ2v) is 6.04. The van der Waals surface area contributed by atoms with Crippen molar-refractivity contribution in [2.75, 3.05) is 33.8 Å². The number of hydrogen-bond donors (Lipinski definition) is 0. The molecule has 4 nitrogen and oxygen atoms in total. The topological polar surface area (TPSA) is 32.8 Å². The third kappa shape index (κ3) is 3.26. The fourth-order valence-corrected chi connectivity index (χ4v) is 3.09. The van der Waals surface area contributed by atoms with Gasteiger partial charge in [-0.2, -0.15) is 0 Å². The zero-order chi connectivity index (χ0) is 17.1. The van der Waals surface area contributed by atoms with Gasteiger partial charge in [-0.3, -0.25) is 4.79 Å². The third-order valence-electron chi connectivity index (χ3n) is 4.43. The lowest BCUT2D eigenvalue weighted by Gasteiger charge is -2.40. The predicted octanol–water partition coefficient (Wildman–Crippen LogP) is 2.96. The molecule has 1 fully saturated rings. The van der Waals surface area contributed by atoms with Gasteiger partial charge in [0, 0.05) is 25.2 Å². The molecule has 0 bridgehead atoms. The number of piperazine rings is 1. The summed E-state index contributed by atoms with van der Waals surface area (Å²) in [7, 11) is 3.45. The maximum Gasteiger partial charge on any atom is 0.254 e. The monoisotopic (exact) mass is 328 g/mol. The molecular weight excluding hydrogens is 307 g/mol. The highest BCUT2D eigenvalue weighted by atomic mass is 19.1. The number of halogens is 1. The molecule has 0 aliphatic carbocycles. The summed E-state index contributed by atoms with van der Waals surface area (Å²) >= 11 is 0. The van der Waals surface area contributed by atoms with Gasteiger partial charge in [0.05, 0.1) is 13.2 Å². The van der Waals surface area contributed by atoms with Gasteiger partial charge >= 0.3 is 0 Å². The highest BCUT2D eigenvalue weighted by Crippen LogP contribution is 2.27. The van der Waals surface area contributed by atoms with E-state index < -0.39 is 5.82 Å². The molecule has 0 unspecified atom stereocenters. The number of nitrogens with zero attached hydrogens (tertiary/aromatic N) is 2. The predicted molar refractivity (Wildman–Crippen MR) is 90.7 cm³/mol. The van der Waals surface area contributed by atoms with E-state index in [2.05, 4.69) is 4.90 Å². The summed E-state index contributed by atoms with van der Waals surface area (Å²) in [6.45, 7) is 2.17. The number of likely N-dealkylation sites (N-methyl/N-ethyl adjacent to an activating group) is 1. The van der Waals surface area contributed by atoms with Crippen LogP contribution >= 0.6 is 0 Å². The summed E-state index contributed by atoms with van der Waals surface area (Å²) in [5.41, 5.74) is 1.44. The Morgan fingerprint density at radius 1 is 1.17 bits per heavy atom. The van der Waals surface area contributed by atoms with Crippen molar-refractivity contribution in [3.8, 4) is 5.75 Å². The minimum Gasteiger partial charge on any atom is -0.494 e. The van der Waals surface area contributed by atoms with E-state index in [0.717, 1.165) is 18.7 Å². The number of amides is 1. The molecule has 1 heterocycles. The summed E-state index contributed by atoms with van der Waals surface area (Å²) < 4.78 is 18.9. The number of methoxy groups -OCH3 is 1. The number of carbonyl (C=O) groups is 1. The molecule has 2 aromatic rings. The van der Waals surface area contributed by atoms with Crippen LogP contribution in [0, 0.1) is 5.82 Å². The van der Waals surface area contributed by atoms with Crippen LogP contribution in [0.25, 0.3) is 0 Å². The average Bonchev–Trinajstić information content (AvgIpc) is 2.61. The summed E-state index contributed by atoms with van der Waals surface area (Å²) in [5.74, 6) is -0.531. The Bertz CT molecular complexity index is 721. The van der Waals surface area contributed by atoms with Crippen molar-refractivity contribution in [2.45, 2.75) is 6.04 Å². The van der Waals surface area contributed by atoms with E-state index in [1.54, 1.807) is 6.07 Å². The first-order valence-corrected chi connectivity index (χ1v) is 7.98. The van der Waals surface area contributed by atoms with E-state index in [1.807, 2.05) is 42.3 Å². The van der Waals surface area contributed by atoms with Gasteiger partial charge < -0.3 is 14.5 Å². The Morgan fingerprint density at radius 2 is 1.92 bits per heavy atom. The molecule has 1 amide bonds. The smallest absolute Gasteiger partial charge is 0.254 e. The highest BCUT2D eigenvalue weighted by molar-refractivity contribution is 5.94. The van der Waals surface area contributed by atoms with E-state index in [4.69, 9.17) is 4.74 Å². The van der Waals surface area contributed by atoms with Crippen molar-refractivity contribution in [1.82, 2.24) is 9.80 Å². The van der Waals surface area contributed by atoms with Crippen LogP contribution in [0.2, 0.25) is 0 Å². The van der Waals surface area contributed by atoms with Gasteiger partial charge in [-0.1, -0.05) is 30.3 Å². The Balaban J connectivity index is 1.90. The number of hydrogen-bond acceptors (Lipinski definition) is 3. The van der Waals surface area contributed by atoms with Crippen molar-refractivity contribution in [3.05, 3.63) is 65.5 Å². The lowest BCUT2D eigenvalue weighted by atomic mass is 10.0. The maximum atomic E-state index is 14.0. The van der Waals surface area contributed by atoms with Crippen molar-refractivity contribution < 1.29 is 13.9 Å². The van der Waals surface area contributed by atoms with E-state index >= 15 is 0 Å². The van der Waals surface area contributed by atoms with Crippen LogP contribution in [0.1, 0.15) is 22.0 Å². The van der Waals surface area contributed by atoms with Gasteiger partial charge in [-0.15, -0.1) is 0 Å². The summed E-state index contributed by atoms with van der Waals surface area (Å²) in [6.07, 6.45) is 0. The Hall–Kier alpha value is -2.40. The second kappa shape index (κ2) is 7.01. The maximum absolute atomic E-state index is 14.0. The first kappa shape index (κ1) is 16.5.